The number of halogens is 1. The third kappa shape index (κ3) is 3.66. The van der Waals surface area contributed by atoms with Gasteiger partial charge in [-0.25, -0.2) is 4.39 Å². The summed E-state index contributed by atoms with van der Waals surface area (Å²) in [7, 11) is -0.845. The summed E-state index contributed by atoms with van der Waals surface area (Å²) < 4.78 is 26.1. The van der Waals surface area contributed by atoms with Crippen LogP contribution in [0.4, 0.5) is 4.39 Å². The highest BCUT2D eigenvalue weighted by Gasteiger charge is 2.52. The van der Waals surface area contributed by atoms with Gasteiger partial charge in [0.05, 0.1) is 11.2 Å². The van der Waals surface area contributed by atoms with Gasteiger partial charge in [0.25, 0.3) is 5.91 Å². The van der Waals surface area contributed by atoms with Crippen LogP contribution in [0.15, 0.2) is 48.5 Å². The first-order valence-electron chi connectivity index (χ1n) is 8.67. The second-order valence-electron chi connectivity index (χ2n) is 7.49. The molecule has 3 rings (SSSR count). The molecule has 1 aliphatic rings. The standard InChI is InChI=1S/C20H23BFNO3/c1-19(2)20(3,4)26-21(25-19)16-12-15(10-11-17(16)22)18(24)23-13-14-8-6-5-7-9-14/h5-12H,13H2,1-4H3,(H,23,24). The second-order valence-corrected chi connectivity index (χ2v) is 7.49. The van der Waals surface area contributed by atoms with Crippen LogP contribution in [-0.2, 0) is 15.9 Å². The number of hydrogen-bond acceptors (Lipinski definition) is 3. The molecule has 2 aromatic carbocycles. The van der Waals surface area contributed by atoms with Crippen LogP contribution in [0.3, 0.4) is 0 Å². The fraction of sp³-hybridized carbons (Fsp3) is 0.350. The van der Waals surface area contributed by atoms with Gasteiger partial charge in [-0.2, -0.15) is 0 Å². The molecule has 0 unspecified atom stereocenters. The molecule has 1 saturated heterocycles. The van der Waals surface area contributed by atoms with E-state index >= 15 is 0 Å². The van der Waals surface area contributed by atoms with Crippen molar-refractivity contribution in [2.75, 3.05) is 0 Å². The molecule has 4 nitrogen and oxygen atoms in total. The Labute approximate surface area is 153 Å². The van der Waals surface area contributed by atoms with Crippen LogP contribution in [-0.4, -0.2) is 24.2 Å². The van der Waals surface area contributed by atoms with Crippen molar-refractivity contribution < 1.29 is 18.5 Å². The van der Waals surface area contributed by atoms with Crippen LogP contribution in [0, 0.1) is 5.82 Å². The molecule has 0 bridgehead atoms. The van der Waals surface area contributed by atoms with E-state index in [1.807, 2.05) is 58.0 Å². The number of carbonyl (C=O) groups is 1. The smallest absolute Gasteiger partial charge is 0.399 e. The van der Waals surface area contributed by atoms with Gasteiger partial charge >= 0.3 is 7.12 Å². The van der Waals surface area contributed by atoms with Crippen molar-refractivity contribution in [2.45, 2.75) is 45.4 Å². The van der Waals surface area contributed by atoms with E-state index in [0.29, 0.717) is 12.1 Å². The zero-order valence-electron chi connectivity index (χ0n) is 15.5. The van der Waals surface area contributed by atoms with Crippen LogP contribution in [0.2, 0.25) is 0 Å². The molecular weight excluding hydrogens is 332 g/mol. The van der Waals surface area contributed by atoms with E-state index in [-0.39, 0.29) is 11.4 Å². The van der Waals surface area contributed by atoms with Crippen LogP contribution in [0.1, 0.15) is 43.6 Å². The first-order chi connectivity index (χ1) is 12.2. The Kier molecular flexibility index (Phi) is 4.91. The van der Waals surface area contributed by atoms with Crippen molar-refractivity contribution in [2.24, 2.45) is 0 Å². The van der Waals surface area contributed by atoms with Gasteiger partial charge in [0.1, 0.15) is 5.82 Å². The highest BCUT2D eigenvalue weighted by atomic mass is 19.1. The number of carbonyl (C=O) groups excluding carboxylic acids is 1. The largest absolute Gasteiger partial charge is 0.497 e. The predicted octanol–water partition coefficient (Wildman–Crippen LogP) is 3.05. The van der Waals surface area contributed by atoms with E-state index in [9.17, 15) is 9.18 Å². The zero-order valence-corrected chi connectivity index (χ0v) is 15.5. The molecule has 2 aromatic rings. The third-order valence-corrected chi connectivity index (χ3v) is 5.06. The molecule has 0 spiro atoms. The van der Waals surface area contributed by atoms with Gasteiger partial charge in [-0.15, -0.1) is 0 Å². The predicted molar refractivity (Wildman–Crippen MR) is 99.7 cm³/mol. The Bertz CT molecular complexity index is 792. The number of hydrogen-bond donors (Lipinski definition) is 1. The molecule has 0 radical (unpaired) electrons. The molecule has 1 aliphatic heterocycles. The van der Waals surface area contributed by atoms with E-state index in [0.717, 1.165) is 5.56 Å². The summed E-state index contributed by atoms with van der Waals surface area (Å²) in [6.07, 6.45) is 0. The molecule has 6 heteroatoms. The van der Waals surface area contributed by atoms with Crippen molar-refractivity contribution in [1.82, 2.24) is 5.32 Å². The van der Waals surface area contributed by atoms with Crippen molar-refractivity contribution in [1.29, 1.82) is 0 Å². The Morgan fingerprint density at radius 2 is 1.65 bits per heavy atom. The average Bonchev–Trinajstić information content (AvgIpc) is 2.81. The number of benzene rings is 2. The summed E-state index contributed by atoms with van der Waals surface area (Å²) in [5.41, 5.74) is 0.447. The zero-order chi connectivity index (χ0) is 18.9. The SMILES string of the molecule is CC1(C)OB(c2cc(C(=O)NCc3ccccc3)ccc2F)OC1(C)C. The number of nitrogens with one attached hydrogen (secondary N) is 1. The molecule has 1 N–H and O–H groups in total. The Hall–Kier alpha value is -2.18. The van der Waals surface area contributed by atoms with E-state index < -0.39 is 24.1 Å². The maximum Gasteiger partial charge on any atom is 0.497 e. The van der Waals surface area contributed by atoms with Crippen molar-refractivity contribution in [3.63, 3.8) is 0 Å². The van der Waals surface area contributed by atoms with Gasteiger partial charge in [-0.3, -0.25) is 4.79 Å². The minimum absolute atomic E-state index is 0.232. The van der Waals surface area contributed by atoms with Crippen molar-refractivity contribution in [3.8, 4) is 0 Å². The first kappa shape index (κ1) is 18.6. The van der Waals surface area contributed by atoms with E-state index in [2.05, 4.69) is 5.32 Å². The highest BCUT2D eigenvalue weighted by Crippen LogP contribution is 2.36. The van der Waals surface area contributed by atoms with Crippen molar-refractivity contribution in [3.05, 3.63) is 65.5 Å². The Morgan fingerprint density at radius 3 is 2.27 bits per heavy atom. The minimum atomic E-state index is -0.845. The molecule has 26 heavy (non-hydrogen) atoms. The van der Waals surface area contributed by atoms with Gasteiger partial charge in [0, 0.05) is 17.6 Å². The van der Waals surface area contributed by atoms with Gasteiger partial charge in [-0.05, 0) is 51.5 Å². The van der Waals surface area contributed by atoms with Crippen LogP contribution in [0.5, 0.6) is 0 Å². The van der Waals surface area contributed by atoms with Crippen LogP contribution >= 0.6 is 0 Å². The number of amides is 1. The third-order valence-electron chi connectivity index (χ3n) is 5.06. The summed E-state index contributed by atoms with van der Waals surface area (Å²) in [5, 5.41) is 2.84. The lowest BCUT2D eigenvalue weighted by Crippen LogP contribution is -2.41. The topological polar surface area (TPSA) is 47.6 Å². The number of rotatable bonds is 4. The van der Waals surface area contributed by atoms with Gasteiger partial charge in [-0.1, -0.05) is 30.3 Å². The minimum Gasteiger partial charge on any atom is -0.399 e. The van der Waals surface area contributed by atoms with Gasteiger partial charge in [0.2, 0.25) is 0 Å². The molecule has 0 aliphatic carbocycles. The highest BCUT2D eigenvalue weighted by molar-refractivity contribution is 6.62. The Balaban J connectivity index is 1.77. The maximum atomic E-state index is 14.3. The van der Waals surface area contributed by atoms with E-state index in [1.54, 1.807) is 0 Å². The summed E-state index contributed by atoms with van der Waals surface area (Å²) in [5.74, 6) is -0.727. The monoisotopic (exact) mass is 355 g/mol. The summed E-state index contributed by atoms with van der Waals surface area (Å²) >= 11 is 0. The lowest BCUT2D eigenvalue weighted by Gasteiger charge is -2.32. The van der Waals surface area contributed by atoms with E-state index in [4.69, 9.17) is 9.31 Å². The molecule has 136 valence electrons. The average molecular weight is 355 g/mol. The summed E-state index contributed by atoms with van der Waals surface area (Å²) in [4.78, 5) is 12.4. The fourth-order valence-electron chi connectivity index (χ4n) is 2.72. The molecule has 0 atom stereocenters. The van der Waals surface area contributed by atoms with Gasteiger partial charge < -0.3 is 14.6 Å². The van der Waals surface area contributed by atoms with E-state index in [1.165, 1.54) is 18.2 Å². The van der Waals surface area contributed by atoms with Gasteiger partial charge in [0.15, 0.2) is 0 Å². The molecule has 1 heterocycles. The molecule has 1 amide bonds. The lowest BCUT2D eigenvalue weighted by atomic mass is 9.78. The first-order valence-corrected chi connectivity index (χ1v) is 8.67. The van der Waals surface area contributed by atoms with Crippen LogP contribution < -0.4 is 10.8 Å². The second kappa shape index (κ2) is 6.85. The summed E-state index contributed by atoms with van der Waals surface area (Å²) in [6.45, 7) is 8.02. The molecular formula is C20H23BFNO3. The normalized spacial score (nSPS) is 18.0. The van der Waals surface area contributed by atoms with Crippen LogP contribution in [0.25, 0.3) is 0 Å². The quantitative estimate of drug-likeness (QED) is 0.858. The Morgan fingerprint density at radius 1 is 1.04 bits per heavy atom. The van der Waals surface area contributed by atoms with Crippen molar-refractivity contribution >= 4 is 18.5 Å². The molecule has 1 fully saturated rings. The molecule has 0 aromatic heterocycles. The maximum absolute atomic E-state index is 14.3. The summed E-state index contributed by atoms with van der Waals surface area (Å²) in [6, 6.07) is 13.8. The lowest BCUT2D eigenvalue weighted by molar-refractivity contribution is 0.00578. The molecule has 0 saturated carbocycles. The fourth-order valence-corrected chi connectivity index (χ4v) is 2.72.